The molecule has 1 saturated carbocycles. The Morgan fingerprint density at radius 1 is 1.03 bits per heavy atom. The van der Waals surface area contributed by atoms with Crippen LogP contribution >= 0.6 is 11.6 Å². The fourth-order valence-electron chi connectivity index (χ4n) is 4.48. The second-order valence-corrected chi connectivity index (χ2v) is 9.51. The number of anilines is 2. The molecule has 0 radical (unpaired) electrons. The van der Waals surface area contributed by atoms with Gasteiger partial charge in [0.2, 0.25) is 5.95 Å². The zero-order valence-corrected chi connectivity index (χ0v) is 19.8. The summed E-state index contributed by atoms with van der Waals surface area (Å²) in [7, 11) is 0. The van der Waals surface area contributed by atoms with E-state index in [-0.39, 0.29) is 16.9 Å². The summed E-state index contributed by atoms with van der Waals surface area (Å²) in [6.45, 7) is 1.87. The summed E-state index contributed by atoms with van der Waals surface area (Å²) >= 11 is 6.16. The Bertz CT molecular complexity index is 1350. The second-order valence-electron chi connectivity index (χ2n) is 9.10. The zero-order valence-electron chi connectivity index (χ0n) is 19.0. The van der Waals surface area contributed by atoms with Crippen molar-refractivity contribution in [3.05, 3.63) is 77.7 Å². The Morgan fingerprint density at radius 3 is 2.46 bits per heavy atom. The van der Waals surface area contributed by atoms with Crippen LogP contribution in [0.5, 0.6) is 0 Å². The highest BCUT2D eigenvalue weighted by Gasteiger charge is 2.31. The standard InChI is InChI=1S/C26H24ClF2N5O/c1-26(35)11-8-19(9-12-26)34-15-31-23(16-2-4-17(28)5-3-16)24(34)22-10-13-30-25(33-22)32-21-7-6-18(29)14-20(21)27/h2-7,10,13-15,19,35H,8-9,11-12H2,1H3,(H,30,32,33)/t19-,26+. The number of nitrogens with zero attached hydrogens (tertiary/aromatic N) is 4. The van der Waals surface area contributed by atoms with Gasteiger partial charge in [0, 0.05) is 17.8 Å². The maximum absolute atomic E-state index is 13.6. The molecule has 35 heavy (non-hydrogen) atoms. The van der Waals surface area contributed by atoms with Crippen molar-refractivity contribution in [3.8, 4) is 22.6 Å². The Kier molecular flexibility index (Phi) is 6.25. The van der Waals surface area contributed by atoms with Crippen LogP contribution < -0.4 is 5.32 Å². The summed E-state index contributed by atoms with van der Waals surface area (Å²) in [5.41, 5.74) is 2.64. The van der Waals surface area contributed by atoms with Gasteiger partial charge in [-0.3, -0.25) is 0 Å². The molecule has 1 aliphatic rings. The molecule has 0 atom stereocenters. The summed E-state index contributed by atoms with van der Waals surface area (Å²) < 4.78 is 29.1. The van der Waals surface area contributed by atoms with Crippen molar-refractivity contribution >= 4 is 23.2 Å². The lowest BCUT2D eigenvalue weighted by molar-refractivity contribution is 0.0101. The van der Waals surface area contributed by atoms with E-state index in [0.717, 1.165) is 24.1 Å². The average Bonchev–Trinajstić information content (AvgIpc) is 3.27. The van der Waals surface area contributed by atoms with E-state index < -0.39 is 11.4 Å². The third-order valence-electron chi connectivity index (χ3n) is 6.41. The van der Waals surface area contributed by atoms with Crippen LogP contribution in [-0.2, 0) is 0 Å². The third-order valence-corrected chi connectivity index (χ3v) is 6.73. The molecule has 2 N–H and O–H groups in total. The van der Waals surface area contributed by atoms with E-state index in [1.54, 1.807) is 30.7 Å². The van der Waals surface area contributed by atoms with Crippen molar-refractivity contribution in [2.75, 3.05) is 5.32 Å². The predicted octanol–water partition coefficient (Wildman–Crippen LogP) is 6.55. The lowest BCUT2D eigenvalue weighted by atomic mass is 9.83. The minimum absolute atomic E-state index is 0.129. The number of imidazole rings is 1. The van der Waals surface area contributed by atoms with Crippen LogP contribution in [0.1, 0.15) is 38.6 Å². The first-order valence-electron chi connectivity index (χ1n) is 11.4. The summed E-state index contributed by atoms with van der Waals surface area (Å²) in [5.74, 6) is -0.469. The molecule has 4 aromatic rings. The van der Waals surface area contributed by atoms with Crippen LogP contribution in [-0.4, -0.2) is 30.2 Å². The highest BCUT2D eigenvalue weighted by molar-refractivity contribution is 6.33. The number of hydrogen-bond donors (Lipinski definition) is 2. The van der Waals surface area contributed by atoms with E-state index in [2.05, 4.69) is 19.9 Å². The van der Waals surface area contributed by atoms with E-state index in [0.29, 0.717) is 35.9 Å². The molecule has 0 amide bonds. The Labute approximate surface area is 206 Å². The maximum Gasteiger partial charge on any atom is 0.227 e. The largest absolute Gasteiger partial charge is 0.390 e. The quantitative estimate of drug-likeness (QED) is 0.328. The highest BCUT2D eigenvalue weighted by atomic mass is 35.5. The van der Waals surface area contributed by atoms with Gasteiger partial charge < -0.3 is 15.0 Å². The summed E-state index contributed by atoms with van der Waals surface area (Å²) in [6, 6.07) is 12.1. The van der Waals surface area contributed by atoms with Crippen LogP contribution in [0.2, 0.25) is 5.02 Å². The molecule has 2 aromatic heterocycles. The highest BCUT2D eigenvalue weighted by Crippen LogP contribution is 2.40. The van der Waals surface area contributed by atoms with Gasteiger partial charge in [0.25, 0.3) is 0 Å². The first-order valence-corrected chi connectivity index (χ1v) is 11.8. The predicted molar refractivity (Wildman–Crippen MR) is 131 cm³/mol. The van der Waals surface area contributed by atoms with Crippen LogP contribution in [0, 0.1) is 11.6 Å². The molecule has 0 unspecified atom stereocenters. The average molecular weight is 496 g/mol. The Hall–Kier alpha value is -3.36. The Balaban J connectivity index is 1.56. The number of aromatic nitrogens is 4. The maximum atomic E-state index is 13.6. The van der Waals surface area contributed by atoms with E-state index in [9.17, 15) is 13.9 Å². The van der Waals surface area contributed by atoms with Gasteiger partial charge in [0.05, 0.1) is 39.7 Å². The second kappa shape index (κ2) is 9.36. The van der Waals surface area contributed by atoms with E-state index >= 15 is 0 Å². The van der Waals surface area contributed by atoms with E-state index in [1.807, 2.05) is 6.92 Å². The lowest BCUT2D eigenvalue weighted by Gasteiger charge is -2.34. The first kappa shape index (κ1) is 23.4. The molecule has 0 bridgehead atoms. The normalized spacial score (nSPS) is 20.1. The Morgan fingerprint density at radius 2 is 1.74 bits per heavy atom. The molecule has 1 aliphatic carbocycles. The molecule has 0 spiro atoms. The molecule has 180 valence electrons. The van der Waals surface area contributed by atoms with Gasteiger partial charge in [-0.25, -0.2) is 23.7 Å². The third kappa shape index (κ3) is 5.04. The molecule has 5 rings (SSSR count). The van der Waals surface area contributed by atoms with Gasteiger partial charge in [-0.2, -0.15) is 0 Å². The van der Waals surface area contributed by atoms with Crippen LogP contribution in [0.25, 0.3) is 22.6 Å². The van der Waals surface area contributed by atoms with Crippen LogP contribution in [0.15, 0.2) is 61.1 Å². The fraction of sp³-hybridized carbons (Fsp3) is 0.269. The number of benzene rings is 2. The summed E-state index contributed by atoms with van der Waals surface area (Å²) in [4.78, 5) is 13.7. The molecule has 2 heterocycles. The lowest BCUT2D eigenvalue weighted by Crippen LogP contribution is -2.31. The number of nitrogens with one attached hydrogen (secondary N) is 1. The van der Waals surface area contributed by atoms with Crippen molar-refractivity contribution in [1.82, 2.24) is 19.5 Å². The zero-order chi connectivity index (χ0) is 24.6. The van der Waals surface area contributed by atoms with Crippen molar-refractivity contribution in [1.29, 1.82) is 0 Å². The topological polar surface area (TPSA) is 75.9 Å². The molecular weight excluding hydrogens is 472 g/mol. The molecule has 9 heteroatoms. The fourth-order valence-corrected chi connectivity index (χ4v) is 4.69. The van der Waals surface area contributed by atoms with Crippen molar-refractivity contribution < 1.29 is 13.9 Å². The number of halogens is 3. The van der Waals surface area contributed by atoms with Gasteiger partial charge >= 0.3 is 0 Å². The summed E-state index contributed by atoms with van der Waals surface area (Å²) in [5, 5.41) is 13.7. The van der Waals surface area contributed by atoms with Gasteiger partial charge in [-0.1, -0.05) is 11.6 Å². The van der Waals surface area contributed by atoms with Crippen molar-refractivity contribution in [2.24, 2.45) is 0 Å². The number of aliphatic hydroxyl groups is 1. The monoisotopic (exact) mass is 495 g/mol. The number of rotatable bonds is 5. The van der Waals surface area contributed by atoms with Gasteiger partial charge in [0.15, 0.2) is 0 Å². The van der Waals surface area contributed by atoms with Crippen molar-refractivity contribution in [3.63, 3.8) is 0 Å². The van der Waals surface area contributed by atoms with E-state index in [1.165, 1.54) is 30.3 Å². The minimum atomic E-state index is -0.669. The SMILES string of the molecule is C[C@]1(O)CC[C@@H](n2cnc(-c3ccc(F)cc3)c2-c2ccnc(Nc3ccc(F)cc3Cl)n2)CC1. The van der Waals surface area contributed by atoms with Crippen LogP contribution in [0.3, 0.4) is 0 Å². The molecule has 1 fully saturated rings. The molecular formula is C26H24ClF2N5O. The van der Waals surface area contributed by atoms with Gasteiger partial charge in [-0.15, -0.1) is 0 Å². The van der Waals surface area contributed by atoms with Crippen molar-refractivity contribution in [2.45, 2.75) is 44.2 Å². The smallest absolute Gasteiger partial charge is 0.227 e. The van der Waals surface area contributed by atoms with Crippen LogP contribution in [0.4, 0.5) is 20.4 Å². The molecule has 0 aliphatic heterocycles. The van der Waals surface area contributed by atoms with Gasteiger partial charge in [0.1, 0.15) is 11.6 Å². The minimum Gasteiger partial charge on any atom is -0.390 e. The summed E-state index contributed by atoms with van der Waals surface area (Å²) in [6.07, 6.45) is 6.35. The van der Waals surface area contributed by atoms with Gasteiger partial charge in [-0.05, 0) is 81.1 Å². The number of hydrogen-bond acceptors (Lipinski definition) is 5. The molecule has 0 saturated heterocycles. The van der Waals surface area contributed by atoms with E-state index in [4.69, 9.17) is 16.6 Å². The first-order chi connectivity index (χ1) is 16.8. The molecule has 6 nitrogen and oxygen atoms in total. The molecule has 2 aromatic carbocycles.